The number of rotatable bonds is 7. The van der Waals surface area contributed by atoms with Gasteiger partial charge in [-0.1, -0.05) is 28.1 Å². The SMILES string of the molecule is OC(CNCc1ccc(F)cc1)COc1ccc(Br)cc1. The lowest BCUT2D eigenvalue weighted by Crippen LogP contribution is -2.31. The van der Waals surface area contributed by atoms with Crippen LogP contribution in [0.5, 0.6) is 5.75 Å². The third-order valence-electron chi connectivity index (χ3n) is 2.88. The van der Waals surface area contributed by atoms with Crippen molar-refractivity contribution in [2.45, 2.75) is 12.6 Å². The van der Waals surface area contributed by atoms with Crippen LogP contribution in [0.3, 0.4) is 0 Å². The number of hydrogen-bond donors (Lipinski definition) is 2. The molecule has 0 bridgehead atoms. The van der Waals surface area contributed by atoms with Gasteiger partial charge in [0, 0.05) is 17.6 Å². The first-order valence-electron chi connectivity index (χ1n) is 6.65. The van der Waals surface area contributed by atoms with Crippen LogP contribution in [0.15, 0.2) is 53.0 Å². The lowest BCUT2D eigenvalue weighted by molar-refractivity contribution is 0.106. The van der Waals surface area contributed by atoms with Crippen LogP contribution in [0.2, 0.25) is 0 Å². The molecule has 2 aromatic carbocycles. The number of ether oxygens (including phenoxy) is 1. The normalized spacial score (nSPS) is 12.1. The van der Waals surface area contributed by atoms with Crippen LogP contribution in [0.25, 0.3) is 0 Å². The summed E-state index contributed by atoms with van der Waals surface area (Å²) < 4.78 is 19.2. The second kappa shape index (κ2) is 8.12. The zero-order valence-electron chi connectivity index (χ0n) is 11.4. The van der Waals surface area contributed by atoms with Gasteiger partial charge in [0.1, 0.15) is 24.3 Å². The summed E-state index contributed by atoms with van der Waals surface area (Å²) in [5.74, 6) is 0.470. The van der Waals surface area contributed by atoms with Crippen LogP contribution in [0.4, 0.5) is 4.39 Å². The first-order valence-corrected chi connectivity index (χ1v) is 7.44. The third-order valence-corrected chi connectivity index (χ3v) is 3.41. The van der Waals surface area contributed by atoms with Gasteiger partial charge in [0.2, 0.25) is 0 Å². The number of nitrogens with one attached hydrogen (secondary N) is 1. The topological polar surface area (TPSA) is 41.5 Å². The van der Waals surface area contributed by atoms with E-state index in [0.717, 1.165) is 15.8 Å². The van der Waals surface area contributed by atoms with Gasteiger partial charge in [0.25, 0.3) is 0 Å². The fraction of sp³-hybridized carbons (Fsp3) is 0.250. The predicted octanol–water partition coefficient (Wildman–Crippen LogP) is 3.12. The monoisotopic (exact) mass is 353 g/mol. The van der Waals surface area contributed by atoms with E-state index in [1.54, 1.807) is 12.1 Å². The quantitative estimate of drug-likeness (QED) is 0.803. The molecule has 0 amide bonds. The Hall–Kier alpha value is -1.43. The van der Waals surface area contributed by atoms with Crippen LogP contribution >= 0.6 is 15.9 Å². The molecular weight excluding hydrogens is 337 g/mol. The molecule has 112 valence electrons. The van der Waals surface area contributed by atoms with Crippen molar-refractivity contribution < 1.29 is 14.2 Å². The molecule has 0 aliphatic rings. The van der Waals surface area contributed by atoms with Crippen molar-refractivity contribution in [3.8, 4) is 5.75 Å². The van der Waals surface area contributed by atoms with Gasteiger partial charge < -0.3 is 15.2 Å². The highest BCUT2D eigenvalue weighted by atomic mass is 79.9. The van der Waals surface area contributed by atoms with Crippen molar-refractivity contribution in [2.24, 2.45) is 0 Å². The average molecular weight is 354 g/mol. The molecule has 1 atom stereocenters. The molecule has 3 nitrogen and oxygen atoms in total. The molecule has 1 unspecified atom stereocenters. The molecule has 0 radical (unpaired) electrons. The van der Waals surface area contributed by atoms with Crippen LogP contribution < -0.4 is 10.1 Å². The Kier molecular flexibility index (Phi) is 6.17. The standard InChI is InChI=1S/C16H17BrFNO2/c17-13-3-7-16(8-4-13)21-11-15(20)10-19-9-12-1-5-14(18)6-2-12/h1-8,15,19-20H,9-11H2. The Morgan fingerprint density at radius 2 is 1.76 bits per heavy atom. The minimum atomic E-state index is -0.603. The van der Waals surface area contributed by atoms with Crippen molar-refractivity contribution >= 4 is 15.9 Å². The summed E-state index contributed by atoms with van der Waals surface area (Å²) in [6, 6.07) is 13.7. The highest BCUT2D eigenvalue weighted by Crippen LogP contribution is 2.16. The smallest absolute Gasteiger partial charge is 0.123 e. The van der Waals surface area contributed by atoms with Crippen molar-refractivity contribution in [1.29, 1.82) is 0 Å². The van der Waals surface area contributed by atoms with Crippen molar-refractivity contribution in [2.75, 3.05) is 13.2 Å². The molecule has 0 heterocycles. The van der Waals surface area contributed by atoms with Gasteiger partial charge in [-0.3, -0.25) is 0 Å². The molecular formula is C16H17BrFNO2. The maximum absolute atomic E-state index is 12.7. The maximum atomic E-state index is 12.7. The van der Waals surface area contributed by atoms with Gasteiger partial charge in [0.15, 0.2) is 0 Å². The lowest BCUT2D eigenvalue weighted by Gasteiger charge is -2.13. The molecule has 0 aliphatic heterocycles. The second-order valence-corrected chi connectivity index (χ2v) is 5.59. The van der Waals surface area contributed by atoms with Crippen molar-refractivity contribution in [1.82, 2.24) is 5.32 Å². The molecule has 2 aromatic rings. The Labute approximate surface area is 131 Å². The molecule has 0 aliphatic carbocycles. The Morgan fingerprint density at radius 1 is 1.10 bits per heavy atom. The van der Waals surface area contributed by atoms with E-state index >= 15 is 0 Å². The fourth-order valence-electron chi connectivity index (χ4n) is 1.77. The van der Waals surface area contributed by atoms with E-state index in [4.69, 9.17) is 4.74 Å². The molecule has 0 aromatic heterocycles. The molecule has 0 saturated carbocycles. The summed E-state index contributed by atoms with van der Waals surface area (Å²) in [5.41, 5.74) is 0.970. The molecule has 2 N–H and O–H groups in total. The van der Waals surface area contributed by atoms with Crippen molar-refractivity contribution in [3.05, 3.63) is 64.4 Å². The number of aliphatic hydroxyl groups is 1. The Balaban J connectivity index is 1.66. The second-order valence-electron chi connectivity index (χ2n) is 4.68. The summed E-state index contributed by atoms with van der Waals surface area (Å²) in [6.45, 7) is 1.21. The van der Waals surface area contributed by atoms with Gasteiger partial charge in [-0.05, 0) is 42.0 Å². The number of hydrogen-bond acceptors (Lipinski definition) is 3. The van der Waals surface area contributed by atoms with Crippen LogP contribution in [0.1, 0.15) is 5.56 Å². The summed E-state index contributed by atoms with van der Waals surface area (Å²) in [7, 11) is 0. The van der Waals surface area contributed by atoms with E-state index in [-0.39, 0.29) is 12.4 Å². The molecule has 21 heavy (non-hydrogen) atoms. The molecule has 0 spiro atoms. The summed E-state index contributed by atoms with van der Waals surface area (Å²) in [6.07, 6.45) is -0.603. The number of halogens is 2. The largest absolute Gasteiger partial charge is 0.491 e. The zero-order chi connectivity index (χ0) is 15.1. The maximum Gasteiger partial charge on any atom is 0.123 e. The Bertz CT molecular complexity index is 545. The minimum Gasteiger partial charge on any atom is -0.491 e. The van der Waals surface area contributed by atoms with Crippen LogP contribution in [-0.4, -0.2) is 24.4 Å². The first-order chi connectivity index (χ1) is 10.1. The van der Waals surface area contributed by atoms with E-state index in [1.807, 2.05) is 24.3 Å². The van der Waals surface area contributed by atoms with Gasteiger partial charge in [-0.25, -0.2) is 4.39 Å². The molecule has 2 rings (SSSR count). The lowest BCUT2D eigenvalue weighted by atomic mass is 10.2. The minimum absolute atomic E-state index is 0.220. The molecule has 5 heteroatoms. The third kappa shape index (κ3) is 5.83. The van der Waals surface area contributed by atoms with Gasteiger partial charge in [-0.15, -0.1) is 0 Å². The molecule has 0 saturated heterocycles. The van der Waals surface area contributed by atoms with Crippen molar-refractivity contribution in [3.63, 3.8) is 0 Å². The number of benzene rings is 2. The molecule has 0 fully saturated rings. The van der Waals surface area contributed by atoms with E-state index in [0.29, 0.717) is 13.1 Å². The van der Waals surface area contributed by atoms with Crippen LogP contribution in [0, 0.1) is 5.82 Å². The van der Waals surface area contributed by atoms with Crippen LogP contribution in [-0.2, 0) is 6.54 Å². The summed E-state index contributed by atoms with van der Waals surface area (Å²) in [4.78, 5) is 0. The predicted molar refractivity (Wildman–Crippen MR) is 83.8 cm³/mol. The highest BCUT2D eigenvalue weighted by molar-refractivity contribution is 9.10. The van der Waals surface area contributed by atoms with E-state index in [1.165, 1.54) is 12.1 Å². The van der Waals surface area contributed by atoms with Gasteiger partial charge >= 0.3 is 0 Å². The fourth-order valence-corrected chi connectivity index (χ4v) is 2.03. The van der Waals surface area contributed by atoms with E-state index < -0.39 is 6.10 Å². The summed E-state index contributed by atoms with van der Waals surface area (Å²) >= 11 is 3.35. The average Bonchev–Trinajstić information content (AvgIpc) is 2.49. The summed E-state index contributed by atoms with van der Waals surface area (Å²) in [5, 5.41) is 12.9. The van der Waals surface area contributed by atoms with E-state index in [2.05, 4.69) is 21.2 Å². The highest BCUT2D eigenvalue weighted by Gasteiger charge is 2.05. The van der Waals surface area contributed by atoms with Gasteiger partial charge in [-0.2, -0.15) is 0 Å². The van der Waals surface area contributed by atoms with Gasteiger partial charge in [0.05, 0.1) is 0 Å². The zero-order valence-corrected chi connectivity index (χ0v) is 13.0. The number of aliphatic hydroxyl groups excluding tert-OH is 1. The Morgan fingerprint density at radius 3 is 2.43 bits per heavy atom. The first kappa shape index (κ1) is 15.9. The van der Waals surface area contributed by atoms with E-state index in [9.17, 15) is 9.50 Å².